The monoisotopic (exact) mass is 921 g/mol. The highest BCUT2D eigenvalue weighted by Crippen LogP contribution is 2.15. The number of unbranched alkanes of at least 4 members (excludes halogenated alkanes) is 29. The third-order valence-electron chi connectivity index (χ3n) is 12.2. The number of rotatable bonds is 52. The molecule has 0 amide bonds. The lowest BCUT2D eigenvalue weighted by Crippen LogP contribution is -2.30. The van der Waals surface area contributed by atoms with Crippen LogP contribution in [0, 0.1) is 0 Å². The Labute approximate surface area is 410 Å². The third kappa shape index (κ3) is 54.0. The average Bonchev–Trinajstić information content (AvgIpc) is 3.32. The van der Waals surface area contributed by atoms with E-state index in [1.165, 1.54) is 154 Å². The summed E-state index contributed by atoms with van der Waals surface area (Å²) in [5.41, 5.74) is 0. The van der Waals surface area contributed by atoms with E-state index < -0.39 is 6.10 Å². The molecule has 0 aromatic carbocycles. The molecule has 0 bridgehead atoms. The molecule has 0 saturated carbocycles. The summed E-state index contributed by atoms with van der Waals surface area (Å²) in [4.78, 5) is 25.5. The highest BCUT2D eigenvalue weighted by molar-refractivity contribution is 5.70. The zero-order valence-corrected chi connectivity index (χ0v) is 44.0. The predicted molar refractivity (Wildman–Crippen MR) is 288 cm³/mol. The van der Waals surface area contributed by atoms with Crippen LogP contribution in [0.3, 0.4) is 0 Å². The molecule has 0 radical (unpaired) electrons. The molecule has 0 aliphatic carbocycles. The van der Waals surface area contributed by atoms with Crippen molar-refractivity contribution in [1.29, 1.82) is 0 Å². The Morgan fingerprint density at radius 1 is 0.348 bits per heavy atom. The summed E-state index contributed by atoms with van der Waals surface area (Å²) >= 11 is 0. The summed E-state index contributed by atoms with van der Waals surface area (Å²) in [5.74, 6) is -0.409. The van der Waals surface area contributed by atoms with Crippen molar-refractivity contribution < 1.29 is 23.8 Å². The van der Waals surface area contributed by atoms with Crippen molar-refractivity contribution >= 4 is 11.9 Å². The lowest BCUT2D eigenvalue weighted by molar-refractivity contribution is -0.163. The molecule has 0 aromatic heterocycles. The second kappa shape index (κ2) is 56.7. The van der Waals surface area contributed by atoms with Crippen molar-refractivity contribution in [2.75, 3.05) is 19.8 Å². The molecular formula is C61H108O5. The van der Waals surface area contributed by atoms with Crippen molar-refractivity contribution in [3.05, 3.63) is 72.9 Å². The number of ether oxygens (including phenoxy) is 3. The molecule has 66 heavy (non-hydrogen) atoms. The van der Waals surface area contributed by atoms with E-state index >= 15 is 0 Å². The van der Waals surface area contributed by atoms with Gasteiger partial charge >= 0.3 is 11.9 Å². The smallest absolute Gasteiger partial charge is 0.306 e. The van der Waals surface area contributed by atoms with Crippen LogP contribution in [0.1, 0.15) is 278 Å². The first-order valence-corrected chi connectivity index (χ1v) is 28.5. The number of carbonyl (C=O) groups is 2. The fraction of sp³-hybridized carbons (Fsp3) is 0.770. The van der Waals surface area contributed by atoms with E-state index in [0.717, 1.165) is 89.9 Å². The summed E-state index contributed by atoms with van der Waals surface area (Å²) in [6.07, 6.45) is 73.4. The Morgan fingerprint density at radius 3 is 1.12 bits per heavy atom. The SMILES string of the molecule is CC/C=C\C/C=C\C/C=C\C/C=C\CCCCCCCCC(=O)OCC(COCCCCCCCCCCCCCC)OC(=O)CCCCCCCCCCC/C=C\C/C=C\CCCCC. The van der Waals surface area contributed by atoms with Crippen molar-refractivity contribution in [1.82, 2.24) is 0 Å². The van der Waals surface area contributed by atoms with Gasteiger partial charge in [-0.25, -0.2) is 0 Å². The minimum Gasteiger partial charge on any atom is -0.462 e. The van der Waals surface area contributed by atoms with Gasteiger partial charge < -0.3 is 14.2 Å². The molecule has 0 aromatic rings. The van der Waals surface area contributed by atoms with E-state index in [1.54, 1.807) is 0 Å². The van der Waals surface area contributed by atoms with Gasteiger partial charge in [0, 0.05) is 19.4 Å². The Balaban J connectivity index is 4.26. The second-order valence-electron chi connectivity index (χ2n) is 18.8. The number of carbonyl (C=O) groups excluding carboxylic acids is 2. The largest absolute Gasteiger partial charge is 0.462 e. The lowest BCUT2D eigenvalue weighted by Gasteiger charge is -2.18. The van der Waals surface area contributed by atoms with E-state index in [1.807, 2.05) is 0 Å². The van der Waals surface area contributed by atoms with Crippen LogP contribution in [0.4, 0.5) is 0 Å². The van der Waals surface area contributed by atoms with Crippen LogP contribution >= 0.6 is 0 Å². The molecule has 1 atom stereocenters. The maximum Gasteiger partial charge on any atom is 0.306 e. The van der Waals surface area contributed by atoms with Crippen molar-refractivity contribution in [2.24, 2.45) is 0 Å². The zero-order valence-electron chi connectivity index (χ0n) is 44.0. The molecule has 5 heteroatoms. The van der Waals surface area contributed by atoms with Gasteiger partial charge in [-0.1, -0.05) is 248 Å². The van der Waals surface area contributed by atoms with Crippen LogP contribution in [0.15, 0.2) is 72.9 Å². The van der Waals surface area contributed by atoms with Gasteiger partial charge in [0.1, 0.15) is 6.61 Å². The highest BCUT2D eigenvalue weighted by atomic mass is 16.6. The van der Waals surface area contributed by atoms with Crippen LogP contribution in [0.5, 0.6) is 0 Å². The highest BCUT2D eigenvalue weighted by Gasteiger charge is 2.17. The van der Waals surface area contributed by atoms with Gasteiger partial charge in [0.05, 0.1) is 6.61 Å². The Morgan fingerprint density at radius 2 is 0.682 bits per heavy atom. The van der Waals surface area contributed by atoms with Crippen molar-refractivity contribution in [3.63, 3.8) is 0 Å². The maximum absolute atomic E-state index is 12.9. The molecule has 0 spiro atoms. The first kappa shape index (κ1) is 63.3. The molecule has 0 saturated heterocycles. The van der Waals surface area contributed by atoms with Crippen LogP contribution in [-0.4, -0.2) is 37.9 Å². The first-order chi connectivity index (χ1) is 32.6. The Hall–Kier alpha value is -2.66. The minimum atomic E-state index is -0.545. The fourth-order valence-corrected chi connectivity index (χ4v) is 8.00. The van der Waals surface area contributed by atoms with Gasteiger partial charge in [-0.15, -0.1) is 0 Å². The molecule has 0 aliphatic rings. The molecule has 0 fully saturated rings. The van der Waals surface area contributed by atoms with E-state index in [2.05, 4.69) is 93.7 Å². The number of allylic oxidation sites excluding steroid dienone is 12. The van der Waals surface area contributed by atoms with E-state index in [4.69, 9.17) is 14.2 Å². The van der Waals surface area contributed by atoms with Gasteiger partial charge in [0.2, 0.25) is 0 Å². The number of hydrogen-bond donors (Lipinski definition) is 0. The van der Waals surface area contributed by atoms with Crippen LogP contribution in [0.2, 0.25) is 0 Å². The molecular weight excluding hydrogens is 813 g/mol. The van der Waals surface area contributed by atoms with Crippen LogP contribution < -0.4 is 0 Å². The predicted octanol–water partition coefficient (Wildman–Crippen LogP) is 19.5. The number of esters is 2. The fourth-order valence-electron chi connectivity index (χ4n) is 8.00. The summed E-state index contributed by atoms with van der Waals surface area (Å²) in [5, 5.41) is 0. The summed E-state index contributed by atoms with van der Waals surface area (Å²) in [6, 6.07) is 0. The molecule has 382 valence electrons. The van der Waals surface area contributed by atoms with E-state index in [9.17, 15) is 9.59 Å². The van der Waals surface area contributed by atoms with Gasteiger partial charge in [-0.2, -0.15) is 0 Å². The molecule has 0 heterocycles. The molecule has 1 unspecified atom stereocenters. The average molecular weight is 922 g/mol. The molecule has 0 rings (SSSR count). The quantitative estimate of drug-likeness (QED) is 0.0346. The molecule has 0 N–H and O–H groups in total. The Kier molecular flexibility index (Phi) is 54.4. The van der Waals surface area contributed by atoms with Crippen molar-refractivity contribution in [2.45, 2.75) is 284 Å². The second-order valence-corrected chi connectivity index (χ2v) is 18.8. The van der Waals surface area contributed by atoms with E-state index in [-0.39, 0.29) is 25.2 Å². The summed E-state index contributed by atoms with van der Waals surface area (Å²) in [7, 11) is 0. The first-order valence-electron chi connectivity index (χ1n) is 28.5. The number of hydrogen-bond acceptors (Lipinski definition) is 5. The normalized spacial score (nSPS) is 12.7. The summed E-state index contributed by atoms with van der Waals surface area (Å²) < 4.78 is 17.5. The lowest BCUT2D eigenvalue weighted by atomic mass is 10.1. The van der Waals surface area contributed by atoms with Crippen LogP contribution in [0.25, 0.3) is 0 Å². The maximum atomic E-state index is 12.9. The minimum absolute atomic E-state index is 0.0765. The topological polar surface area (TPSA) is 61.8 Å². The molecule has 5 nitrogen and oxygen atoms in total. The zero-order chi connectivity index (χ0) is 47.7. The third-order valence-corrected chi connectivity index (χ3v) is 12.2. The van der Waals surface area contributed by atoms with E-state index in [0.29, 0.717) is 19.4 Å². The van der Waals surface area contributed by atoms with Gasteiger partial charge in [-0.05, 0) is 89.9 Å². The summed E-state index contributed by atoms with van der Waals surface area (Å²) in [6.45, 7) is 7.70. The standard InChI is InChI=1S/C61H108O5/c1-4-7-10-13-16-19-22-25-27-29-31-33-35-37-39-42-45-48-51-54-60(62)65-58-59(57-64-56-53-50-47-44-41-24-21-18-15-12-9-6-3)66-61(63)55-52-49-46-43-40-38-36-34-32-30-28-26-23-20-17-14-11-8-5-2/h7,10,16-17,19-20,25-28,31,33,59H,4-6,8-9,11-15,18,21-24,29-30,32,34-58H2,1-3H3/b10-7-,19-16-,20-17-,27-25-,28-26-,33-31-. The van der Waals surface area contributed by atoms with Crippen LogP contribution in [-0.2, 0) is 23.8 Å². The molecule has 0 aliphatic heterocycles. The van der Waals surface area contributed by atoms with Gasteiger partial charge in [-0.3, -0.25) is 9.59 Å². The Bertz CT molecular complexity index is 1180. The van der Waals surface area contributed by atoms with Gasteiger partial charge in [0.25, 0.3) is 0 Å². The van der Waals surface area contributed by atoms with Crippen molar-refractivity contribution in [3.8, 4) is 0 Å². The van der Waals surface area contributed by atoms with Gasteiger partial charge in [0.15, 0.2) is 6.10 Å².